The SMILES string of the molecule is Cc1nc(CCc2ccc(C(F)(F)F)cc2)oc1COc1ccc(-c2noc(=O)[nH]2)c(Cl)c1.Cc1nc(CCc2ccc(C(F)(F)F)cc2)oc1COc1ccc(C(N)=NO)c(Cl)c1. The van der Waals surface area contributed by atoms with Crippen LogP contribution in [0.15, 0.2) is 108 Å². The molecule has 0 aliphatic rings. The van der Waals surface area contributed by atoms with E-state index >= 15 is 0 Å². The molecule has 0 unspecified atom stereocenters. The fraction of sp³-hybridized carbons (Fsp3) is 0.233. The van der Waals surface area contributed by atoms with Crippen LogP contribution >= 0.6 is 23.2 Å². The molecule has 0 saturated heterocycles. The summed E-state index contributed by atoms with van der Waals surface area (Å²) in [6.45, 7) is 3.77. The molecule has 7 rings (SSSR count). The minimum Gasteiger partial charge on any atom is -0.486 e. The van der Waals surface area contributed by atoms with Crippen LogP contribution in [0.2, 0.25) is 10.0 Å². The van der Waals surface area contributed by atoms with Crippen molar-refractivity contribution < 1.29 is 54.4 Å². The average Bonchev–Trinajstić information content (AvgIpc) is 3.96. The second-order valence-electron chi connectivity index (χ2n) is 13.9. The smallest absolute Gasteiger partial charge is 0.439 e. The number of ether oxygens (including phenoxy) is 2. The van der Waals surface area contributed by atoms with Crippen molar-refractivity contribution in [1.29, 1.82) is 0 Å². The van der Waals surface area contributed by atoms with Crippen LogP contribution in [0.5, 0.6) is 11.5 Å². The van der Waals surface area contributed by atoms with Crippen molar-refractivity contribution in [3.05, 3.63) is 168 Å². The van der Waals surface area contributed by atoms with Gasteiger partial charge in [-0.2, -0.15) is 26.3 Å². The molecule has 336 valence electrons. The number of oxime groups is 1. The first-order valence-electron chi connectivity index (χ1n) is 19.0. The maximum atomic E-state index is 12.7. The largest absolute Gasteiger partial charge is 0.486 e. The van der Waals surface area contributed by atoms with Crippen molar-refractivity contribution >= 4 is 29.0 Å². The molecular weight excluding hydrogens is 897 g/mol. The van der Waals surface area contributed by atoms with Gasteiger partial charge in [0.1, 0.15) is 24.7 Å². The molecule has 64 heavy (non-hydrogen) atoms. The van der Waals surface area contributed by atoms with Gasteiger partial charge < -0.3 is 29.2 Å². The lowest BCUT2D eigenvalue weighted by molar-refractivity contribution is -0.138. The van der Waals surface area contributed by atoms with E-state index < -0.39 is 29.2 Å². The highest BCUT2D eigenvalue weighted by atomic mass is 35.5. The maximum absolute atomic E-state index is 12.7. The summed E-state index contributed by atoms with van der Waals surface area (Å²) in [5.41, 5.74) is 7.84. The number of nitrogens with one attached hydrogen (secondary N) is 1. The van der Waals surface area contributed by atoms with Gasteiger partial charge in [0.05, 0.1) is 32.6 Å². The molecule has 0 saturated carbocycles. The fourth-order valence-electron chi connectivity index (χ4n) is 5.95. The highest BCUT2D eigenvalue weighted by Crippen LogP contribution is 2.32. The summed E-state index contributed by atoms with van der Waals surface area (Å²) < 4.78 is 103. The van der Waals surface area contributed by atoms with Gasteiger partial charge in [-0.05, 0) is 98.5 Å². The second kappa shape index (κ2) is 20.2. The standard InChI is InChI=1S/C22H17ClF3N3O4.C21H19ClF3N3O3/c1-12-18(11-31-15-7-8-16(17(23)10-15)20-28-21(30)33-29-20)32-19(27-12)9-4-13-2-5-14(6-3-13)22(24,25)26;1-12-18(11-30-15-7-8-16(17(22)10-15)20(26)28-29)31-19(27-12)9-4-13-2-5-14(6-3-13)21(23,24)25/h2-3,5-8,10H,4,9,11H2,1H3,(H,28,29,30);2-3,5-8,10,29H,4,9,11H2,1H3,(H2,26,28). The van der Waals surface area contributed by atoms with Gasteiger partial charge in [-0.1, -0.05) is 57.8 Å². The zero-order chi connectivity index (χ0) is 46.2. The van der Waals surface area contributed by atoms with E-state index in [4.69, 9.17) is 52.5 Å². The molecule has 0 fully saturated rings. The number of oxazole rings is 2. The van der Waals surface area contributed by atoms with Crippen LogP contribution in [-0.2, 0) is 51.2 Å². The molecule has 3 heterocycles. The lowest BCUT2D eigenvalue weighted by Crippen LogP contribution is -2.13. The monoisotopic (exact) mass is 932 g/mol. The number of nitrogens with zero attached hydrogens (tertiary/aromatic N) is 4. The number of benzene rings is 4. The molecule has 4 aromatic carbocycles. The Morgan fingerprint density at radius 3 is 1.59 bits per heavy atom. The van der Waals surface area contributed by atoms with E-state index in [1.165, 1.54) is 30.3 Å². The van der Waals surface area contributed by atoms with E-state index in [9.17, 15) is 31.1 Å². The third-order valence-electron chi connectivity index (χ3n) is 9.39. The Hall–Kier alpha value is -6.73. The molecule has 21 heteroatoms. The van der Waals surface area contributed by atoms with Gasteiger partial charge in [-0.3, -0.25) is 9.51 Å². The summed E-state index contributed by atoms with van der Waals surface area (Å²) in [5.74, 6) is 2.33. The third kappa shape index (κ3) is 12.5. The Morgan fingerprint density at radius 1 is 0.719 bits per heavy atom. The van der Waals surface area contributed by atoms with Crippen molar-refractivity contribution in [2.45, 2.75) is 65.1 Å². The molecule has 0 radical (unpaired) electrons. The van der Waals surface area contributed by atoms with E-state index in [2.05, 4.69) is 29.8 Å². The van der Waals surface area contributed by atoms with Crippen molar-refractivity contribution in [2.24, 2.45) is 10.9 Å². The molecular formula is C43H36Cl2F6N6O7. The number of aryl methyl sites for hydroxylation is 6. The minimum atomic E-state index is -4.35. The number of halogens is 8. The molecule has 4 N–H and O–H groups in total. The minimum absolute atomic E-state index is 0.107. The molecule has 0 amide bonds. The maximum Gasteiger partial charge on any atom is 0.439 e. The van der Waals surface area contributed by atoms with E-state index in [-0.39, 0.29) is 29.9 Å². The summed E-state index contributed by atoms with van der Waals surface area (Å²) in [7, 11) is 0. The number of H-pyrrole nitrogens is 1. The number of hydrogen-bond donors (Lipinski definition) is 3. The van der Waals surface area contributed by atoms with Gasteiger partial charge >= 0.3 is 18.1 Å². The quantitative estimate of drug-likeness (QED) is 0.0309. The van der Waals surface area contributed by atoms with E-state index in [0.29, 0.717) is 88.0 Å². The second-order valence-corrected chi connectivity index (χ2v) is 14.7. The highest BCUT2D eigenvalue weighted by molar-refractivity contribution is 6.34. The summed E-state index contributed by atoms with van der Waals surface area (Å²) in [5, 5.41) is 15.8. The number of hydrogen-bond acceptors (Lipinski definition) is 11. The zero-order valence-corrected chi connectivity index (χ0v) is 35.1. The number of aromatic nitrogens is 4. The number of aromatic amines is 1. The van der Waals surface area contributed by atoms with Crippen LogP contribution in [0.4, 0.5) is 26.3 Å². The summed E-state index contributed by atoms with van der Waals surface area (Å²) in [6.07, 6.45) is -6.86. The Morgan fingerprint density at radius 2 is 1.19 bits per heavy atom. The van der Waals surface area contributed by atoms with Gasteiger partial charge in [0.2, 0.25) is 0 Å². The van der Waals surface area contributed by atoms with Crippen molar-refractivity contribution in [2.75, 3.05) is 0 Å². The molecule has 0 bridgehead atoms. The summed E-state index contributed by atoms with van der Waals surface area (Å²) in [6, 6.07) is 19.6. The van der Waals surface area contributed by atoms with Crippen molar-refractivity contribution in [3.8, 4) is 22.9 Å². The van der Waals surface area contributed by atoms with Crippen molar-refractivity contribution in [1.82, 2.24) is 20.1 Å². The molecule has 0 spiro atoms. The van der Waals surface area contributed by atoms with Crippen LogP contribution in [0.3, 0.4) is 0 Å². The Balaban J connectivity index is 0.000000213. The molecule has 0 aliphatic carbocycles. The topological polar surface area (TPSA) is 188 Å². The van der Waals surface area contributed by atoms with Crippen LogP contribution in [0, 0.1) is 13.8 Å². The number of nitrogens with two attached hydrogens (primary N) is 1. The highest BCUT2D eigenvalue weighted by Gasteiger charge is 2.31. The summed E-state index contributed by atoms with van der Waals surface area (Å²) in [4.78, 5) is 22.2. The van der Waals surface area contributed by atoms with Gasteiger partial charge in [0.25, 0.3) is 0 Å². The third-order valence-corrected chi connectivity index (χ3v) is 10.0. The molecule has 7 aromatic rings. The lowest BCUT2D eigenvalue weighted by atomic mass is 10.1. The normalized spacial score (nSPS) is 11.9. The number of alkyl halides is 6. The Bertz CT molecular complexity index is 2760. The Kier molecular flexibility index (Phi) is 14.8. The summed E-state index contributed by atoms with van der Waals surface area (Å²) >= 11 is 12.3. The molecule has 0 atom stereocenters. The first-order valence-corrected chi connectivity index (χ1v) is 19.7. The van der Waals surface area contributed by atoms with Gasteiger partial charge in [0.15, 0.2) is 35.0 Å². The fourth-order valence-corrected chi connectivity index (χ4v) is 6.48. The Labute approximate surface area is 369 Å². The average molecular weight is 934 g/mol. The van der Waals surface area contributed by atoms with E-state index in [0.717, 1.165) is 35.4 Å². The van der Waals surface area contributed by atoms with Crippen LogP contribution in [0.1, 0.15) is 62.5 Å². The van der Waals surface area contributed by atoms with Gasteiger partial charge in [0, 0.05) is 24.0 Å². The zero-order valence-electron chi connectivity index (χ0n) is 33.6. The van der Waals surface area contributed by atoms with Gasteiger partial charge in [-0.15, -0.1) is 0 Å². The van der Waals surface area contributed by atoms with E-state index in [1.54, 1.807) is 44.2 Å². The molecule has 0 aliphatic heterocycles. The lowest BCUT2D eigenvalue weighted by Gasteiger charge is -2.08. The van der Waals surface area contributed by atoms with E-state index in [1.807, 2.05) is 0 Å². The molecule has 13 nitrogen and oxygen atoms in total. The van der Waals surface area contributed by atoms with Crippen LogP contribution in [0.25, 0.3) is 11.4 Å². The van der Waals surface area contributed by atoms with Gasteiger partial charge in [-0.25, -0.2) is 14.8 Å². The predicted octanol–water partition coefficient (Wildman–Crippen LogP) is 10.5. The number of rotatable bonds is 14. The molecule has 3 aromatic heterocycles. The van der Waals surface area contributed by atoms with Crippen LogP contribution in [-0.4, -0.2) is 31.2 Å². The number of amidine groups is 1. The first-order chi connectivity index (χ1) is 30.4. The van der Waals surface area contributed by atoms with Crippen molar-refractivity contribution in [3.63, 3.8) is 0 Å². The predicted molar refractivity (Wildman–Crippen MR) is 220 cm³/mol. The van der Waals surface area contributed by atoms with Crippen LogP contribution < -0.4 is 21.0 Å². The first kappa shape index (κ1) is 46.8.